The molecule has 1 heterocycles. The fourth-order valence-corrected chi connectivity index (χ4v) is 2.66. The number of nitrogens with zero attached hydrogens (tertiary/aromatic N) is 2. The van der Waals surface area contributed by atoms with Gasteiger partial charge in [-0.05, 0) is 53.4 Å². The molecule has 0 spiro atoms. The monoisotopic (exact) mass is 323 g/mol. The number of nitrogens with two attached hydrogens (primary N) is 1. The van der Waals surface area contributed by atoms with Crippen LogP contribution in [-0.4, -0.2) is 17.3 Å². The van der Waals surface area contributed by atoms with Gasteiger partial charge >= 0.3 is 0 Å². The van der Waals surface area contributed by atoms with Crippen molar-refractivity contribution in [2.24, 2.45) is 0 Å². The smallest absolute Gasteiger partial charge is 0.259 e. The summed E-state index contributed by atoms with van der Waals surface area (Å²) >= 11 is 3.46. The van der Waals surface area contributed by atoms with E-state index in [9.17, 15) is 0 Å². The van der Waals surface area contributed by atoms with Gasteiger partial charge in [0.25, 0.3) is 5.89 Å². The van der Waals surface area contributed by atoms with Crippen molar-refractivity contribution in [3.63, 3.8) is 0 Å². The largest absolute Gasteiger partial charge is 0.399 e. The minimum atomic E-state index is -0.367. The number of anilines is 1. The molecular weight excluding hydrogens is 310 g/mol. The third-order valence-corrected chi connectivity index (χ3v) is 4.30. The quantitative estimate of drug-likeness (QED) is 0.878. The fraction of sp³-hybridized carbons (Fsp3) is 0.385. The molecule has 5 nitrogen and oxygen atoms in total. The standard InChI is InChI=1S/C13H14BrN3O2/c1-18-13(5-2-6-13)12-16-11(19-17-12)9-7-8(15)3-4-10(9)14/h3-4,7H,2,5-6,15H2,1H3. The molecule has 1 aliphatic rings. The van der Waals surface area contributed by atoms with Crippen LogP contribution in [0.5, 0.6) is 0 Å². The number of ether oxygens (including phenoxy) is 1. The second-order valence-electron chi connectivity index (χ2n) is 4.71. The highest BCUT2D eigenvalue weighted by molar-refractivity contribution is 9.10. The molecule has 2 aromatic rings. The maximum atomic E-state index is 5.79. The number of rotatable bonds is 3. The van der Waals surface area contributed by atoms with E-state index in [1.54, 1.807) is 7.11 Å². The molecule has 0 atom stereocenters. The normalized spacial score (nSPS) is 17.2. The third-order valence-electron chi connectivity index (χ3n) is 3.61. The van der Waals surface area contributed by atoms with Gasteiger partial charge in [0.15, 0.2) is 0 Å². The van der Waals surface area contributed by atoms with Crippen LogP contribution in [0.1, 0.15) is 25.1 Å². The van der Waals surface area contributed by atoms with Crippen LogP contribution in [0.3, 0.4) is 0 Å². The van der Waals surface area contributed by atoms with Crippen molar-refractivity contribution in [2.45, 2.75) is 24.9 Å². The van der Waals surface area contributed by atoms with Crippen molar-refractivity contribution in [3.8, 4) is 11.5 Å². The zero-order valence-corrected chi connectivity index (χ0v) is 12.1. The minimum Gasteiger partial charge on any atom is -0.399 e. The van der Waals surface area contributed by atoms with E-state index in [0.29, 0.717) is 17.4 Å². The van der Waals surface area contributed by atoms with E-state index in [4.69, 9.17) is 15.0 Å². The van der Waals surface area contributed by atoms with Gasteiger partial charge < -0.3 is 15.0 Å². The first-order chi connectivity index (χ1) is 9.14. The molecule has 100 valence electrons. The lowest BCUT2D eigenvalue weighted by Crippen LogP contribution is -2.37. The Morgan fingerprint density at radius 1 is 1.42 bits per heavy atom. The van der Waals surface area contributed by atoms with Gasteiger partial charge in [0.1, 0.15) is 5.60 Å². The average Bonchev–Trinajstić information content (AvgIpc) is 2.81. The third kappa shape index (κ3) is 2.04. The SMILES string of the molecule is COC1(c2noc(-c3cc(N)ccc3Br)n2)CCC1. The van der Waals surface area contributed by atoms with Gasteiger partial charge in [-0.25, -0.2) is 0 Å². The van der Waals surface area contributed by atoms with Crippen LogP contribution >= 0.6 is 15.9 Å². The fourth-order valence-electron chi connectivity index (χ4n) is 2.24. The number of methoxy groups -OCH3 is 1. The Kier molecular flexibility index (Phi) is 3.06. The summed E-state index contributed by atoms with van der Waals surface area (Å²) in [6, 6.07) is 5.49. The summed E-state index contributed by atoms with van der Waals surface area (Å²) in [5.41, 5.74) is 6.87. The van der Waals surface area contributed by atoms with E-state index in [2.05, 4.69) is 26.1 Å². The predicted octanol–water partition coefficient (Wildman–Crippen LogP) is 3.11. The van der Waals surface area contributed by atoms with Gasteiger partial charge in [-0.1, -0.05) is 5.16 Å². The Balaban J connectivity index is 1.99. The minimum absolute atomic E-state index is 0.367. The molecular formula is C13H14BrN3O2. The van der Waals surface area contributed by atoms with Crippen molar-refractivity contribution in [3.05, 3.63) is 28.5 Å². The summed E-state index contributed by atoms with van der Waals surface area (Å²) in [4.78, 5) is 4.46. The summed E-state index contributed by atoms with van der Waals surface area (Å²) < 4.78 is 11.8. The van der Waals surface area contributed by atoms with Crippen LogP contribution in [0.2, 0.25) is 0 Å². The summed E-state index contributed by atoms with van der Waals surface area (Å²) in [5.74, 6) is 1.07. The highest BCUT2D eigenvalue weighted by atomic mass is 79.9. The van der Waals surface area contributed by atoms with E-state index in [-0.39, 0.29) is 5.60 Å². The second-order valence-corrected chi connectivity index (χ2v) is 5.57. The van der Waals surface area contributed by atoms with Gasteiger partial charge in [-0.2, -0.15) is 4.98 Å². The molecule has 0 amide bonds. The van der Waals surface area contributed by atoms with E-state index in [1.165, 1.54) is 0 Å². The summed E-state index contributed by atoms with van der Waals surface area (Å²) in [6.45, 7) is 0. The first kappa shape index (κ1) is 12.6. The van der Waals surface area contributed by atoms with Crippen molar-refractivity contribution in [1.82, 2.24) is 10.1 Å². The molecule has 1 aliphatic carbocycles. The van der Waals surface area contributed by atoms with Crippen molar-refractivity contribution >= 4 is 21.6 Å². The van der Waals surface area contributed by atoms with Gasteiger partial charge in [0, 0.05) is 17.3 Å². The summed E-state index contributed by atoms with van der Waals surface area (Å²) in [6.07, 6.45) is 2.99. The Bertz CT molecular complexity index is 602. The highest BCUT2D eigenvalue weighted by Gasteiger charge is 2.43. The van der Waals surface area contributed by atoms with Gasteiger partial charge in [-0.3, -0.25) is 0 Å². The van der Waals surface area contributed by atoms with Crippen LogP contribution in [0, 0.1) is 0 Å². The topological polar surface area (TPSA) is 74.2 Å². The van der Waals surface area contributed by atoms with E-state index in [0.717, 1.165) is 29.3 Å². The number of aromatic nitrogens is 2. The lowest BCUT2D eigenvalue weighted by Gasteiger charge is -2.37. The van der Waals surface area contributed by atoms with Crippen LogP contribution in [-0.2, 0) is 10.3 Å². The van der Waals surface area contributed by atoms with Crippen molar-refractivity contribution < 1.29 is 9.26 Å². The van der Waals surface area contributed by atoms with Crippen LogP contribution < -0.4 is 5.73 Å². The van der Waals surface area contributed by atoms with Crippen LogP contribution in [0.4, 0.5) is 5.69 Å². The Hall–Kier alpha value is -1.40. The number of hydrogen-bond acceptors (Lipinski definition) is 5. The molecule has 0 saturated heterocycles. The molecule has 19 heavy (non-hydrogen) atoms. The first-order valence-electron chi connectivity index (χ1n) is 6.09. The van der Waals surface area contributed by atoms with Crippen LogP contribution in [0.15, 0.2) is 27.2 Å². The molecule has 0 aliphatic heterocycles. The molecule has 0 radical (unpaired) electrons. The van der Waals surface area contributed by atoms with Crippen molar-refractivity contribution in [1.29, 1.82) is 0 Å². The number of benzene rings is 1. The Morgan fingerprint density at radius 2 is 2.21 bits per heavy atom. The molecule has 3 rings (SSSR count). The van der Waals surface area contributed by atoms with Crippen molar-refractivity contribution in [2.75, 3.05) is 12.8 Å². The Morgan fingerprint density at radius 3 is 2.84 bits per heavy atom. The van der Waals surface area contributed by atoms with E-state index in [1.807, 2.05) is 18.2 Å². The molecule has 6 heteroatoms. The van der Waals surface area contributed by atoms with E-state index >= 15 is 0 Å². The van der Waals surface area contributed by atoms with Gasteiger partial charge in [0.2, 0.25) is 5.82 Å². The number of hydrogen-bond donors (Lipinski definition) is 1. The lowest BCUT2D eigenvalue weighted by atomic mass is 9.79. The molecule has 1 saturated carbocycles. The molecule has 1 aromatic carbocycles. The lowest BCUT2D eigenvalue weighted by molar-refractivity contribution is -0.0858. The molecule has 1 aromatic heterocycles. The van der Waals surface area contributed by atoms with Crippen LogP contribution in [0.25, 0.3) is 11.5 Å². The average molecular weight is 324 g/mol. The molecule has 0 unspecified atom stereocenters. The zero-order chi connectivity index (χ0) is 13.5. The molecule has 1 fully saturated rings. The summed E-state index contributed by atoms with van der Waals surface area (Å²) in [7, 11) is 1.69. The highest BCUT2D eigenvalue weighted by Crippen LogP contribution is 2.43. The maximum Gasteiger partial charge on any atom is 0.259 e. The molecule has 2 N–H and O–H groups in total. The Labute approximate surface area is 119 Å². The first-order valence-corrected chi connectivity index (χ1v) is 6.89. The second kappa shape index (κ2) is 4.61. The van der Waals surface area contributed by atoms with Gasteiger partial charge in [0.05, 0.1) is 5.56 Å². The zero-order valence-electron chi connectivity index (χ0n) is 10.5. The predicted molar refractivity (Wildman–Crippen MR) is 74.4 cm³/mol. The van der Waals surface area contributed by atoms with E-state index < -0.39 is 0 Å². The maximum absolute atomic E-state index is 5.79. The number of nitrogen functional groups attached to an aromatic ring is 1. The molecule has 0 bridgehead atoms. The number of halogens is 1. The van der Waals surface area contributed by atoms with Gasteiger partial charge in [-0.15, -0.1) is 0 Å². The summed E-state index contributed by atoms with van der Waals surface area (Å²) in [5, 5.41) is 4.06.